The number of carbonyl (C=O) groups is 1. The Hall–Kier alpha value is -2.82. The Morgan fingerprint density at radius 3 is 2.64 bits per heavy atom. The Labute approximate surface area is 147 Å². The number of nitrogens with one attached hydrogen (secondary N) is 1. The van der Waals surface area contributed by atoms with Crippen LogP contribution in [0.2, 0.25) is 0 Å². The number of aryl methyl sites for hydroxylation is 2. The van der Waals surface area contributed by atoms with Crippen molar-refractivity contribution >= 4 is 17.4 Å². The van der Waals surface area contributed by atoms with Gasteiger partial charge in [0.1, 0.15) is 18.2 Å². The molecule has 0 spiro atoms. The van der Waals surface area contributed by atoms with Gasteiger partial charge in [-0.25, -0.2) is 4.98 Å². The molecule has 1 amide bonds. The van der Waals surface area contributed by atoms with Crippen molar-refractivity contribution in [2.24, 2.45) is 0 Å². The summed E-state index contributed by atoms with van der Waals surface area (Å²) in [5, 5.41) is 2.78. The second-order valence-electron chi connectivity index (χ2n) is 6.29. The van der Waals surface area contributed by atoms with Gasteiger partial charge in [-0.05, 0) is 56.2 Å². The average molecular weight is 337 g/mol. The normalized spacial score (nSPS) is 12.1. The van der Waals surface area contributed by atoms with Gasteiger partial charge in [-0.15, -0.1) is 0 Å². The molecule has 1 atom stereocenters. The van der Waals surface area contributed by atoms with E-state index in [-0.39, 0.29) is 6.04 Å². The fourth-order valence-corrected chi connectivity index (χ4v) is 3.11. The number of rotatable bonds is 7. The molecule has 0 saturated heterocycles. The predicted molar refractivity (Wildman–Crippen MR) is 98.8 cm³/mol. The zero-order chi connectivity index (χ0) is 17.8. The Morgan fingerprint density at radius 2 is 1.92 bits per heavy atom. The number of hydrogen-bond acceptors (Lipinski definition) is 3. The highest BCUT2D eigenvalue weighted by Crippen LogP contribution is 2.21. The number of amides is 1. The monoisotopic (exact) mass is 337 g/mol. The SMILES string of the molecule is Cc1cc(C)cc(OCCn2c(C(C)NC=O)nc3ccccc32)c1. The van der Waals surface area contributed by atoms with Gasteiger partial charge in [-0.1, -0.05) is 18.2 Å². The summed E-state index contributed by atoms with van der Waals surface area (Å²) < 4.78 is 8.06. The van der Waals surface area contributed by atoms with Gasteiger partial charge >= 0.3 is 0 Å². The molecule has 0 aliphatic heterocycles. The van der Waals surface area contributed by atoms with Crippen LogP contribution in [0.1, 0.15) is 29.9 Å². The molecule has 0 aliphatic rings. The number of hydrogen-bond donors (Lipinski definition) is 1. The van der Waals surface area contributed by atoms with Crippen molar-refractivity contribution in [1.29, 1.82) is 0 Å². The van der Waals surface area contributed by atoms with Crippen molar-refractivity contribution in [3.05, 3.63) is 59.4 Å². The lowest BCUT2D eigenvalue weighted by Crippen LogP contribution is -2.22. The molecule has 1 aromatic heterocycles. The number of ether oxygens (including phenoxy) is 1. The number of benzene rings is 2. The highest BCUT2D eigenvalue weighted by atomic mass is 16.5. The largest absolute Gasteiger partial charge is 0.492 e. The van der Waals surface area contributed by atoms with Gasteiger partial charge in [-0.2, -0.15) is 0 Å². The van der Waals surface area contributed by atoms with Crippen molar-refractivity contribution in [3.8, 4) is 5.75 Å². The number of imidazole rings is 1. The molecule has 0 saturated carbocycles. The van der Waals surface area contributed by atoms with Crippen LogP contribution >= 0.6 is 0 Å². The van der Waals surface area contributed by atoms with E-state index >= 15 is 0 Å². The van der Waals surface area contributed by atoms with Gasteiger partial charge in [0.25, 0.3) is 0 Å². The van der Waals surface area contributed by atoms with Crippen LogP contribution in [0.4, 0.5) is 0 Å². The quantitative estimate of drug-likeness (QED) is 0.671. The zero-order valence-electron chi connectivity index (χ0n) is 14.8. The Balaban J connectivity index is 1.82. The van der Waals surface area contributed by atoms with Crippen LogP contribution in [0.15, 0.2) is 42.5 Å². The maximum absolute atomic E-state index is 10.8. The van der Waals surface area contributed by atoms with Crippen LogP contribution in [0.25, 0.3) is 11.0 Å². The smallest absolute Gasteiger partial charge is 0.207 e. The van der Waals surface area contributed by atoms with E-state index in [1.165, 1.54) is 11.1 Å². The third-order valence-corrected chi connectivity index (χ3v) is 4.17. The van der Waals surface area contributed by atoms with Crippen molar-refractivity contribution in [1.82, 2.24) is 14.9 Å². The molecule has 1 N–H and O–H groups in total. The van der Waals surface area contributed by atoms with Crippen LogP contribution in [0, 0.1) is 13.8 Å². The van der Waals surface area contributed by atoms with Gasteiger partial charge in [-0.3, -0.25) is 4.79 Å². The minimum absolute atomic E-state index is 0.161. The van der Waals surface area contributed by atoms with E-state index in [9.17, 15) is 4.79 Å². The molecule has 130 valence electrons. The predicted octanol–water partition coefficient (Wildman–Crippen LogP) is 3.54. The molecule has 5 nitrogen and oxygen atoms in total. The maximum Gasteiger partial charge on any atom is 0.207 e. The summed E-state index contributed by atoms with van der Waals surface area (Å²) >= 11 is 0. The number of para-hydroxylation sites is 2. The average Bonchev–Trinajstić information content (AvgIpc) is 2.93. The molecule has 5 heteroatoms. The third-order valence-electron chi connectivity index (χ3n) is 4.17. The first-order chi connectivity index (χ1) is 12.1. The first-order valence-electron chi connectivity index (χ1n) is 8.44. The second-order valence-corrected chi connectivity index (χ2v) is 6.29. The highest BCUT2D eigenvalue weighted by molar-refractivity contribution is 5.76. The Kier molecular flexibility index (Phi) is 5.03. The summed E-state index contributed by atoms with van der Waals surface area (Å²) in [7, 11) is 0. The summed E-state index contributed by atoms with van der Waals surface area (Å²) in [6, 6.07) is 14.0. The zero-order valence-corrected chi connectivity index (χ0v) is 14.8. The topological polar surface area (TPSA) is 56.1 Å². The first-order valence-corrected chi connectivity index (χ1v) is 8.44. The molecule has 25 heavy (non-hydrogen) atoms. The highest BCUT2D eigenvalue weighted by Gasteiger charge is 2.15. The number of fused-ring (bicyclic) bond motifs is 1. The van der Waals surface area contributed by atoms with Gasteiger partial charge in [0, 0.05) is 0 Å². The van der Waals surface area contributed by atoms with Crippen molar-refractivity contribution in [2.45, 2.75) is 33.4 Å². The van der Waals surface area contributed by atoms with Crippen LogP contribution < -0.4 is 10.1 Å². The standard InChI is InChI=1S/C20H23N3O2/c1-14-10-15(2)12-17(11-14)25-9-8-23-19-7-5-4-6-18(19)22-20(23)16(3)21-13-24/h4-7,10-13,16H,8-9H2,1-3H3,(H,21,24). The fourth-order valence-electron chi connectivity index (χ4n) is 3.11. The summed E-state index contributed by atoms with van der Waals surface area (Å²) in [4.78, 5) is 15.5. The molecular formula is C20H23N3O2. The van der Waals surface area contributed by atoms with Gasteiger partial charge in [0.15, 0.2) is 0 Å². The van der Waals surface area contributed by atoms with Crippen LogP contribution in [0.5, 0.6) is 5.75 Å². The minimum Gasteiger partial charge on any atom is -0.492 e. The van der Waals surface area contributed by atoms with Crippen LogP contribution in [-0.2, 0) is 11.3 Å². The summed E-state index contributed by atoms with van der Waals surface area (Å²) in [5.41, 5.74) is 4.34. The lowest BCUT2D eigenvalue weighted by molar-refractivity contribution is -0.110. The maximum atomic E-state index is 10.8. The number of nitrogens with zero attached hydrogens (tertiary/aromatic N) is 2. The van der Waals surface area contributed by atoms with Crippen molar-refractivity contribution in [3.63, 3.8) is 0 Å². The molecule has 0 radical (unpaired) electrons. The van der Waals surface area contributed by atoms with Crippen molar-refractivity contribution in [2.75, 3.05) is 6.61 Å². The molecule has 2 aromatic carbocycles. The molecule has 1 unspecified atom stereocenters. The van der Waals surface area contributed by atoms with E-state index in [2.05, 4.69) is 34.8 Å². The van der Waals surface area contributed by atoms with E-state index in [4.69, 9.17) is 4.74 Å². The van der Waals surface area contributed by atoms with E-state index in [1.807, 2.05) is 43.3 Å². The molecule has 0 bridgehead atoms. The number of carbonyl (C=O) groups excluding carboxylic acids is 1. The van der Waals surface area contributed by atoms with E-state index in [0.29, 0.717) is 19.6 Å². The Morgan fingerprint density at radius 1 is 1.20 bits per heavy atom. The van der Waals surface area contributed by atoms with Crippen LogP contribution in [-0.4, -0.2) is 22.6 Å². The van der Waals surface area contributed by atoms with Gasteiger partial charge < -0.3 is 14.6 Å². The lowest BCUT2D eigenvalue weighted by Gasteiger charge is -2.15. The first kappa shape index (κ1) is 17.0. The van der Waals surface area contributed by atoms with E-state index in [1.54, 1.807) is 0 Å². The van der Waals surface area contributed by atoms with Gasteiger partial charge in [0.2, 0.25) is 6.41 Å². The van der Waals surface area contributed by atoms with Crippen LogP contribution in [0.3, 0.4) is 0 Å². The summed E-state index contributed by atoms with van der Waals surface area (Å²) in [6.45, 7) is 7.25. The molecule has 1 heterocycles. The molecule has 0 aliphatic carbocycles. The Bertz CT molecular complexity index is 866. The molecule has 3 rings (SSSR count). The number of aromatic nitrogens is 2. The molecular weight excluding hydrogens is 314 g/mol. The second kappa shape index (κ2) is 7.38. The minimum atomic E-state index is -0.161. The fraction of sp³-hybridized carbons (Fsp3) is 0.300. The summed E-state index contributed by atoms with van der Waals surface area (Å²) in [6.07, 6.45) is 0.709. The van der Waals surface area contributed by atoms with E-state index in [0.717, 1.165) is 22.6 Å². The molecule has 3 aromatic rings. The third kappa shape index (κ3) is 3.82. The van der Waals surface area contributed by atoms with Crippen molar-refractivity contribution < 1.29 is 9.53 Å². The van der Waals surface area contributed by atoms with Gasteiger partial charge in [0.05, 0.1) is 23.6 Å². The molecule has 0 fully saturated rings. The lowest BCUT2D eigenvalue weighted by atomic mass is 10.1. The summed E-state index contributed by atoms with van der Waals surface area (Å²) in [5.74, 6) is 1.71. The van der Waals surface area contributed by atoms with E-state index < -0.39 is 0 Å².